The number of halogens is 1. The summed E-state index contributed by atoms with van der Waals surface area (Å²) in [5.74, 6) is -0.344. The molecule has 16 heavy (non-hydrogen) atoms. The molecule has 84 valence electrons. The van der Waals surface area contributed by atoms with Gasteiger partial charge in [0.1, 0.15) is 5.82 Å². The van der Waals surface area contributed by atoms with E-state index < -0.39 is 0 Å². The maximum Gasteiger partial charge on any atom is 0.244 e. The van der Waals surface area contributed by atoms with Crippen LogP contribution in [0.1, 0.15) is 25.3 Å². The molecule has 1 aliphatic rings. The van der Waals surface area contributed by atoms with E-state index >= 15 is 0 Å². The molecule has 1 N–H and O–H groups in total. The van der Waals surface area contributed by atoms with Gasteiger partial charge in [0.15, 0.2) is 0 Å². The number of benzene rings is 1. The topological polar surface area (TPSA) is 29.1 Å². The Labute approximate surface area is 94.2 Å². The SMILES string of the molecule is CC=CC(=O)NC1(c2ccc(F)cc2)CC1. The fourth-order valence-electron chi connectivity index (χ4n) is 1.81. The van der Waals surface area contributed by atoms with E-state index in [0.29, 0.717) is 0 Å². The van der Waals surface area contributed by atoms with Crippen LogP contribution in [0, 0.1) is 5.82 Å². The number of hydrogen-bond donors (Lipinski definition) is 1. The van der Waals surface area contributed by atoms with Crippen molar-refractivity contribution in [3.63, 3.8) is 0 Å². The van der Waals surface area contributed by atoms with Gasteiger partial charge in [-0.15, -0.1) is 0 Å². The molecule has 0 spiro atoms. The number of carbonyl (C=O) groups is 1. The van der Waals surface area contributed by atoms with Crippen molar-refractivity contribution in [1.82, 2.24) is 5.32 Å². The van der Waals surface area contributed by atoms with E-state index in [0.717, 1.165) is 18.4 Å². The van der Waals surface area contributed by atoms with E-state index in [4.69, 9.17) is 0 Å². The van der Waals surface area contributed by atoms with Crippen molar-refractivity contribution < 1.29 is 9.18 Å². The zero-order chi connectivity index (χ0) is 11.6. The van der Waals surface area contributed by atoms with Gasteiger partial charge in [0, 0.05) is 0 Å². The predicted octanol–water partition coefficient (Wildman–Crippen LogP) is 2.51. The molecule has 0 bridgehead atoms. The molecule has 1 aromatic carbocycles. The zero-order valence-electron chi connectivity index (χ0n) is 9.16. The fourth-order valence-corrected chi connectivity index (χ4v) is 1.81. The molecule has 0 radical (unpaired) electrons. The minimum absolute atomic E-state index is 0.0932. The maximum atomic E-state index is 12.8. The minimum Gasteiger partial charge on any atom is -0.343 e. The summed E-state index contributed by atoms with van der Waals surface area (Å²) < 4.78 is 12.8. The van der Waals surface area contributed by atoms with Crippen LogP contribution in [0.2, 0.25) is 0 Å². The maximum absolute atomic E-state index is 12.8. The number of rotatable bonds is 3. The normalized spacial score (nSPS) is 17.4. The third-order valence-corrected chi connectivity index (χ3v) is 2.83. The molecule has 2 nitrogen and oxygen atoms in total. The second-order valence-corrected chi connectivity index (χ2v) is 4.08. The Morgan fingerprint density at radius 3 is 2.50 bits per heavy atom. The highest BCUT2D eigenvalue weighted by Gasteiger charge is 2.45. The lowest BCUT2D eigenvalue weighted by molar-refractivity contribution is -0.117. The van der Waals surface area contributed by atoms with Gasteiger partial charge in [-0.2, -0.15) is 0 Å². The predicted molar refractivity (Wildman–Crippen MR) is 60.3 cm³/mol. The number of amides is 1. The third kappa shape index (κ3) is 2.13. The van der Waals surface area contributed by atoms with Crippen molar-refractivity contribution in [2.45, 2.75) is 25.3 Å². The molecule has 0 atom stereocenters. The molecule has 3 heteroatoms. The zero-order valence-corrected chi connectivity index (χ0v) is 9.16. The van der Waals surface area contributed by atoms with E-state index in [1.165, 1.54) is 18.2 Å². The van der Waals surface area contributed by atoms with Gasteiger partial charge in [0.25, 0.3) is 0 Å². The summed E-state index contributed by atoms with van der Waals surface area (Å²) in [5, 5.41) is 2.96. The monoisotopic (exact) mass is 219 g/mol. The molecule has 1 aliphatic carbocycles. The van der Waals surface area contributed by atoms with Crippen LogP contribution in [0.15, 0.2) is 36.4 Å². The van der Waals surface area contributed by atoms with Gasteiger partial charge in [0.05, 0.1) is 5.54 Å². The van der Waals surface area contributed by atoms with E-state index in [1.54, 1.807) is 25.1 Å². The molecular weight excluding hydrogens is 205 g/mol. The molecule has 2 rings (SSSR count). The van der Waals surface area contributed by atoms with Crippen LogP contribution in [-0.2, 0) is 10.3 Å². The van der Waals surface area contributed by atoms with Crippen LogP contribution in [0.3, 0.4) is 0 Å². The first kappa shape index (κ1) is 10.9. The van der Waals surface area contributed by atoms with Crippen molar-refractivity contribution in [3.05, 3.63) is 47.8 Å². The summed E-state index contributed by atoms with van der Waals surface area (Å²) >= 11 is 0. The second-order valence-electron chi connectivity index (χ2n) is 4.08. The molecule has 1 aromatic rings. The van der Waals surface area contributed by atoms with E-state index in [1.807, 2.05) is 0 Å². The molecule has 0 saturated heterocycles. The highest BCUT2D eigenvalue weighted by Crippen LogP contribution is 2.45. The van der Waals surface area contributed by atoms with Gasteiger partial charge in [-0.25, -0.2) is 4.39 Å². The summed E-state index contributed by atoms with van der Waals surface area (Å²) in [4.78, 5) is 11.5. The van der Waals surface area contributed by atoms with Crippen molar-refractivity contribution in [2.24, 2.45) is 0 Å². The number of hydrogen-bond acceptors (Lipinski definition) is 1. The number of nitrogens with one attached hydrogen (secondary N) is 1. The van der Waals surface area contributed by atoms with E-state index in [2.05, 4.69) is 5.32 Å². The molecule has 0 heterocycles. The molecule has 0 aliphatic heterocycles. The van der Waals surface area contributed by atoms with Crippen LogP contribution in [-0.4, -0.2) is 5.91 Å². The van der Waals surface area contributed by atoms with Crippen molar-refractivity contribution >= 4 is 5.91 Å². The smallest absolute Gasteiger partial charge is 0.244 e. The lowest BCUT2D eigenvalue weighted by Gasteiger charge is -2.16. The Balaban J connectivity index is 2.14. The Morgan fingerprint density at radius 2 is 2.00 bits per heavy atom. The Hall–Kier alpha value is -1.64. The van der Waals surface area contributed by atoms with E-state index in [-0.39, 0.29) is 17.3 Å². The first-order chi connectivity index (χ1) is 7.66. The van der Waals surface area contributed by atoms with E-state index in [9.17, 15) is 9.18 Å². The first-order valence-electron chi connectivity index (χ1n) is 5.37. The molecule has 0 unspecified atom stereocenters. The number of carbonyl (C=O) groups excluding carboxylic acids is 1. The molecule has 0 aromatic heterocycles. The van der Waals surface area contributed by atoms with Crippen LogP contribution in [0.5, 0.6) is 0 Å². The van der Waals surface area contributed by atoms with Crippen LogP contribution >= 0.6 is 0 Å². The Bertz CT molecular complexity index is 418. The summed E-state index contributed by atoms with van der Waals surface area (Å²) in [6, 6.07) is 6.32. The van der Waals surface area contributed by atoms with Crippen LogP contribution < -0.4 is 5.32 Å². The average molecular weight is 219 g/mol. The highest BCUT2D eigenvalue weighted by atomic mass is 19.1. The standard InChI is InChI=1S/C13H14FNO/c1-2-3-12(16)15-13(8-9-13)10-4-6-11(14)7-5-10/h2-7H,8-9H2,1H3,(H,15,16). The van der Waals surface area contributed by atoms with Gasteiger partial charge >= 0.3 is 0 Å². The van der Waals surface area contributed by atoms with Crippen LogP contribution in [0.4, 0.5) is 4.39 Å². The van der Waals surface area contributed by atoms with Gasteiger partial charge in [-0.05, 0) is 43.5 Å². The Morgan fingerprint density at radius 1 is 1.38 bits per heavy atom. The summed E-state index contributed by atoms with van der Waals surface area (Å²) in [5.41, 5.74) is 0.719. The summed E-state index contributed by atoms with van der Waals surface area (Å²) in [6.45, 7) is 1.80. The Kier molecular flexibility index (Phi) is 2.77. The van der Waals surface area contributed by atoms with Crippen molar-refractivity contribution in [1.29, 1.82) is 0 Å². The van der Waals surface area contributed by atoms with Crippen LogP contribution in [0.25, 0.3) is 0 Å². The average Bonchev–Trinajstić information content (AvgIpc) is 3.00. The lowest BCUT2D eigenvalue weighted by Crippen LogP contribution is -2.33. The van der Waals surface area contributed by atoms with Gasteiger partial charge < -0.3 is 5.32 Å². The van der Waals surface area contributed by atoms with Gasteiger partial charge in [-0.1, -0.05) is 18.2 Å². The summed E-state index contributed by atoms with van der Waals surface area (Å²) in [7, 11) is 0. The lowest BCUT2D eigenvalue weighted by atomic mass is 10.0. The molecule has 1 amide bonds. The quantitative estimate of drug-likeness (QED) is 0.777. The third-order valence-electron chi connectivity index (χ3n) is 2.83. The molecular formula is C13H14FNO. The molecule has 1 fully saturated rings. The fraction of sp³-hybridized carbons (Fsp3) is 0.308. The van der Waals surface area contributed by atoms with Crippen molar-refractivity contribution in [3.8, 4) is 0 Å². The van der Waals surface area contributed by atoms with Crippen molar-refractivity contribution in [2.75, 3.05) is 0 Å². The second kappa shape index (κ2) is 4.08. The minimum atomic E-state index is -0.260. The van der Waals surface area contributed by atoms with Gasteiger partial charge in [-0.3, -0.25) is 4.79 Å². The largest absolute Gasteiger partial charge is 0.343 e. The number of allylic oxidation sites excluding steroid dienone is 1. The highest BCUT2D eigenvalue weighted by molar-refractivity contribution is 5.88. The van der Waals surface area contributed by atoms with Gasteiger partial charge in [0.2, 0.25) is 5.91 Å². The molecule has 1 saturated carbocycles. The summed E-state index contributed by atoms with van der Waals surface area (Å²) in [6.07, 6.45) is 5.05. The first-order valence-corrected chi connectivity index (χ1v) is 5.37.